The predicted molar refractivity (Wildman–Crippen MR) is 127 cm³/mol. The van der Waals surface area contributed by atoms with Crippen LogP contribution in [0.15, 0.2) is 71.6 Å². The van der Waals surface area contributed by atoms with Crippen molar-refractivity contribution in [2.45, 2.75) is 24.8 Å². The molecule has 1 amide bonds. The van der Waals surface area contributed by atoms with Crippen LogP contribution in [0.5, 0.6) is 11.5 Å². The molecule has 4 rings (SSSR count). The molecule has 172 valence electrons. The number of aryl methyl sites for hydroxylation is 1. The molecule has 0 bridgehead atoms. The molecule has 1 unspecified atom stereocenters. The highest BCUT2D eigenvalue weighted by molar-refractivity contribution is 7.92. The number of anilines is 1. The molecule has 33 heavy (non-hydrogen) atoms. The summed E-state index contributed by atoms with van der Waals surface area (Å²) in [6.45, 7) is 4.79. The molecule has 0 radical (unpaired) electrons. The number of carbonyl (C=O) groups excluding carboxylic acids is 1. The molecule has 1 heterocycles. The largest absolute Gasteiger partial charge is 0.486 e. The van der Waals surface area contributed by atoms with Crippen molar-refractivity contribution in [3.63, 3.8) is 0 Å². The maximum absolute atomic E-state index is 13.1. The van der Waals surface area contributed by atoms with Crippen LogP contribution in [0.25, 0.3) is 0 Å². The summed E-state index contributed by atoms with van der Waals surface area (Å²) in [6.07, 6.45) is 0. The molecular formula is C25H26N2O5S. The Balaban J connectivity index is 1.52. The Morgan fingerprint density at radius 3 is 2.39 bits per heavy atom. The zero-order chi connectivity index (χ0) is 23.6. The molecule has 0 saturated carbocycles. The fourth-order valence-electron chi connectivity index (χ4n) is 3.54. The summed E-state index contributed by atoms with van der Waals surface area (Å²) in [7, 11) is -2.33. The standard InChI is InChI=1S/C25H26N2O5S/c1-17-7-10-21(11-8-17)27(3)33(29,30)22-6-4-5-20(15-22)25(28)26-18(2)19-9-12-23-24(16-19)32-14-13-31-23/h4-12,15-16,18H,13-14H2,1-3H3,(H,26,28). The second-order valence-electron chi connectivity index (χ2n) is 7.93. The summed E-state index contributed by atoms with van der Waals surface area (Å²) in [5.41, 5.74) is 2.70. The summed E-state index contributed by atoms with van der Waals surface area (Å²) in [5.74, 6) is 0.957. The van der Waals surface area contributed by atoms with Crippen LogP contribution in [0.2, 0.25) is 0 Å². The van der Waals surface area contributed by atoms with Gasteiger partial charge in [-0.05, 0) is 61.9 Å². The molecule has 7 nitrogen and oxygen atoms in total. The maximum atomic E-state index is 13.1. The first-order valence-corrected chi connectivity index (χ1v) is 12.1. The first-order chi connectivity index (χ1) is 15.8. The van der Waals surface area contributed by atoms with Crippen molar-refractivity contribution in [3.05, 3.63) is 83.4 Å². The second-order valence-corrected chi connectivity index (χ2v) is 9.90. The second kappa shape index (κ2) is 9.15. The first-order valence-electron chi connectivity index (χ1n) is 10.6. The van der Waals surface area contributed by atoms with E-state index in [2.05, 4.69) is 5.32 Å². The fraction of sp³-hybridized carbons (Fsp3) is 0.240. The number of nitrogens with zero attached hydrogens (tertiary/aromatic N) is 1. The van der Waals surface area contributed by atoms with E-state index in [1.54, 1.807) is 24.3 Å². The van der Waals surface area contributed by atoms with E-state index in [-0.39, 0.29) is 22.4 Å². The minimum absolute atomic E-state index is 0.0465. The average molecular weight is 467 g/mol. The van der Waals surface area contributed by atoms with Crippen LogP contribution in [-0.4, -0.2) is 34.6 Å². The number of carbonyl (C=O) groups is 1. The van der Waals surface area contributed by atoms with E-state index in [4.69, 9.17) is 9.47 Å². The monoisotopic (exact) mass is 466 g/mol. The Kier molecular flexibility index (Phi) is 6.29. The highest BCUT2D eigenvalue weighted by Crippen LogP contribution is 2.32. The number of amides is 1. The van der Waals surface area contributed by atoms with Crippen molar-refractivity contribution < 1.29 is 22.7 Å². The molecule has 0 aliphatic carbocycles. The van der Waals surface area contributed by atoms with E-state index < -0.39 is 10.0 Å². The number of sulfonamides is 1. The molecule has 0 aromatic heterocycles. The molecule has 1 atom stereocenters. The fourth-order valence-corrected chi connectivity index (χ4v) is 4.78. The van der Waals surface area contributed by atoms with Crippen molar-refractivity contribution in [1.29, 1.82) is 0 Å². The lowest BCUT2D eigenvalue weighted by atomic mass is 10.1. The number of fused-ring (bicyclic) bond motifs is 1. The van der Waals surface area contributed by atoms with Gasteiger partial charge in [0.05, 0.1) is 16.6 Å². The number of hydrogen-bond acceptors (Lipinski definition) is 5. The summed E-state index contributed by atoms with van der Waals surface area (Å²) in [4.78, 5) is 12.9. The van der Waals surface area contributed by atoms with E-state index in [9.17, 15) is 13.2 Å². The van der Waals surface area contributed by atoms with Crippen LogP contribution in [-0.2, 0) is 10.0 Å². The van der Waals surface area contributed by atoms with Gasteiger partial charge in [0.1, 0.15) is 13.2 Å². The van der Waals surface area contributed by atoms with Crippen LogP contribution in [0.1, 0.15) is 34.5 Å². The van der Waals surface area contributed by atoms with Crippen LogP contribution in [0.3, 0.4) is 0 Å². The van der Waals surface area contributed by atoms with Gasteiger partial charge in [0, 0.05) is 12.6 Å². The molecule has 1 aliphatic rings. The van der Waals surface area contributed by atoms with Crippen molar-refractivity contribution in [1.82, 2.24) is 5.32 Å². The highest BCUT2D eigenvalue weighted by atomic mass is 32.2. The smallest absolute Gasteiger partial charge is 0.264 e. The molecule has 3 aromatic rings. The van der Waals surface area contributed by atoms with Gasteiger partial charge < -0.3 is 14.8 Å². The summed E-state index contributed by atoms with van der Waals surface area (Å²) >= 11 is 0. The number of nitrogens with one attached hydrogen (secondary N) is 1. The molecule has 0 fully saturated rings. The van der Waals surface area contributed by atoms with Crippen molar-refractivity contribution in [3.8, 4) is 11.5 Å². The number of ether oxygens (including phenoxy) is 2. The van der Waals surface area contributed by atoms with E-state index >= 15 is 0 Å². The molecule has 1 aliphatic heterocycles. The Morgan fingerprint density at radius 1 is 0.970 bits per heavy atom. The molecular weight excluding hydrogens is 440 g/mol. The van der Waals surface area contributed by atoms with Gasteiger partial charge in [-0.15, -0.1) is 0 Å². The van der Waals surface area contributed by atoms with E-state index in [1.807, 2.05) is 44.2 Å². The molecule has 0 spiro atoms. The normalized spacial score (nSPS) is 13.8. The van der Waals surface area contributed by atoms with Crippen LogP contribution >= 0.6 is 0 Å². The van der Waals surface area contributed by atoms with Gasteiger partial charge in [-0.25, -0.2) is 8.42 Å². The Labute approximate surface area is 194 Å². The third-order valence-electron chi connectivity index (χ3n) is 5.57. The van der Waals surface area contributed by atoms with Gasteiger partial charge in [-0.2, -0.15) is 0 Å². The van der Waals surface area contributed by atoms with Crippen LogP contribution in [0, 0.1) is 6.92 Å². The topological polar surface area (TPSA) is 84.9 Å². The highest BCUT2D eigenvalue weighted by Gasteiger charge is 2.23. The van der Waals surface area contributed by atoms with Gasteiger partial charge in [-0.3, -0.25) is 9.10 Å². The number of hydrogen-bond donors (Lipinski definition) is 1. The summed E-state index contributed by atoms with van der Waals surface area (Å²) in [6, 6.07) is 18.5. The van der Waals surface area contributed by atoms with Crippen molar-refractivity contribution >= 4 is 21.6 Å². The molecule has 3 aromatic carbocycles. The van der Waals surface area contributed by atoms with Gasteiger partial charge in [0.15, 0.2) is 11.5 Å². The Bertz CT molecular complexity index is 1270. The number of rotatable bonds is 6. The molecule has 0 saturated heterocycles. The quantitative estimate of drug-likeness (QED) is 0.592. The Morgan fingerprint density at radius 2 is 1.67 bits per heavy atom. The van der Waals surface area contributed by atoms with E-state index in [0.29, 0.717) is 30.4 Å². The Hall–Kier alpha value is -3.52. The molecule has 8 heteroatoms. The van der Waals surface area contributed by atoms with Gasteiger partial charge in [0.25, 0.3) is 15.9 Å². The minimum Gasteiger partial charge on any atom is -0.486 e. The van der Waals surface area contributed by atoms with Gasteiger partial charge in [-0.1, -0.05) is 29.8 Å². The third-order valence-corrected chi connectivity index (χ3v) is 7.35. The lowest BCUT2D eigenvalue weighted by Crippen LogP contribution is -2.28. The summed E-state index contributed by atoms with van der Waals surface area (Å²) < 4.78 is 38.6. The van der Waals surface area contributed by atoms with Crippen LogP contribution in [0.4, 0.5) is 5.69 Å². The number of benzene rings is 3. The van der Waals surface area contributed by atoms with E-state index in [1.165, 1.54) is 23.5 Å². The summed E-state index contributed by atoms with van der Waals surface area (Å²) in [5, 5.41) is 2.92. The lowest BCUT2D eigenvalue weighted by molar-refractivity contribution is 0.0939. The van der Waals surface area contributed by atoms with Gasteiger partial charge >= 0.3 is 0 Å². The maximum Gasteiger partial charge on any atom is 0.264 e. The first kappa shape index (κ1) is 22.7. The molecule has 1 N–H and O–H groups in total. The lowest BCUT2D eigenvalue weighted by Gasteiger charge is -2.21. The third kappa shape index (κ3) is 4.80. The predicted octanol–water partition coefficient (Wildman–Crippen LogP) is 4.08. The van der Waals surface area contributed by atoms with Crippen molar-refractivity contribution in [2.24, 2.45) is 0 Å². The van der Waals surface area contributed by atoms with Crippen molar-refractivity contribution in [2.75, 3.05) is 24.6 Å². The zero-order valence-electron chi connectivity index (χ0n) is 18.7. The van der Waals surface area contributed by atoms with E-state index in [0.717, 1.165) is 11.1 Å². The average Bonchev–Trinajstić information content (AvgIpc) is 2.83. The SMILES string of the molecule is Cc1ccc(N(C)S(=O)(=O)c2cccc(C(=O)NC(C)c3ccc4c(c3)OCCO4)c2)cc1. The zero-order valence-corrected chi connectivity index (χ0v) is 19.6. The minimum atomic E-state index is -3.83. The van der Waals surface area contributed by atoms with Crippen LogP contribution < -0.4 is 19.1 Å². The van der Waals surface area contributed by atoms with Gasteiger partial charge in [0.2, 0.25) is 0 Å².